The summed E-state index contributed by atoms with van der Waals surface area (Å²) in [5, 5.41) is 1.23. The van der Waals surface area contributed by atoms with Crippen molar-refractivity contribution in [2.75, 3.05) is 32.1 Å². The van der Waals surface area contributed by atoms with Gasteiger partial charge in [-0.25, -0.2) is 9.97 Å². The molecule has 1 atom stereocenters. The lowest BCUT2D eigenvalue weighted by Gasteiger charge is -2.25. The number of halogens is 1. The van der Waals surface area contributed by atoms with Crippen molar-refractivity contribution in [3.8, 4) is 0 Å². The molecule has 3 heterocycles. The summed E-state index contributed by atoms with van der Waals surface area (Å²) >= 11 is 6.01. The summed E-state index contributed by atoms with van der Waals surface area (Å²) in [5.41, 5.74) is 2.00. The van der Waals surface area contributed by atoms with E-state index < -0.39 is 6.23 Å². The van der Waals surface area contributed by atoms with Crippen molar-refractivity contribution in [3.05, 3.63) is 64.8 Å². The Morgan fingerprint density at radius 3 is 2.71 bits per heavy atom. The maximum atomic E-state index is 13.1. The lowest BCUT2D eigenvalue weighted by atomic mass is 10.1. The number of amides is 1. The first-order valence-electron chi connectivity index (χ1n) is 9.17. The van der Waals surface area contributed by atoms with Gasteiger partial charge in [0.05, 0.1) is 6.61 Å². The van der Waals surface area contributed by atoms with E-state index in [4.69, 9.17) is 16.3 Å². The monoisotopic (exact) mass is 396 g/mol. The maximum Gasteiger partial charge on any atom is 0.262 e. The first-order valence-corrected chi connectivity index (χ1v) is 9.54. The molecule has 0 N–H and O–H groups in total. The van der Waals surface area contributed by atoms with Crippen molar-refractivity contribution in [3.63, 3.8) is 0 Å². The maximum absolute atomic E-state index is 13.1. The lowest BCUT2D eigenvalue weighted by Crippen LogP contribution is -2.30. The van der Waals surface area contributed by atoms with Crippen LogP contribution in [0.4, 0.5) is 5.82 Å². The molecule has 144 valence electrons. The van der Waals surface area contributed by atoms with Crippen LogP contribution in [0.1, 0.15) is 28.6 Å². The number of hydrogen-bond donors (Lipinski definition) is 0. The summed E-state index contributed by atoms with van der Waals surface area (Å²) in [7, 11) is 4.05. The molecular formula is C21H21ClN4O2. The normalized spacial score (nSPS) is 16.2. The Morgan fingerprint density at radius 2 is 1.89 bits per heavy atom. The van der Waals surface area contributed by atoms with Crippen molar-refractivity contribution in [1.29, 1.82) is 0 Å². The summed E-state index contributed by atoms with van der Waals surface area (Å²) in [6, 6.07) is 14.8. The number of aromatic nitrogens is 2. The van der Waals surface area contributed by atoms with Gasteiger partial charge in [0.25, 0.3) is 5.91 Å². The zero-order valence-electron chi connectivity index (χ0n) is 15.8. The van der Waals surface area contributed by atoms with E-state index >= 15 is 0 Å². The second-order valence-electron chi connectivity index (χ2n) is 6.99. The molecule has 6 nitrogen and oxygen atoms in total. The minimum absolute atomic E-state index is 0.123. The van der Waals surface area contributed by atoms with Gasteiger partial charge in [-0.05, 0) is 57.4 Å². The molecule has 2 aromatic heterocycles. The van der Waals surface area contributed by atoms with Crippen molar-refractivity contribution in [2.24, 2.45) is 0 Å². The minimum Gasteiger partial charge on any atom is -0.353 e. The van der Waals surface area contributed by atoms with Gasteiger partial charge in [0, 0.05) is 16.5 Å². The number of benzene rings is 1. The highest BCUT2D eigenvalue weighted by molar-refractivity contribution is 6.29. The minimum atomic E-state index is -0.505. The molecular weight excluding hydrogens is 376 g/mol. The van der Waals surface area contributed by atoms with Crippen LogP contribution < -0.4 is 4.90 Å². The zero-order valence-corrected chi connectivity index (χ0v) is 16.6. The number of hydrogen-bond acceptors (Lipinski definition) is 5. The fourth-order valence-electron chi connectivity index (χ4n) is 3.35. The Bertz CT molecular complexity index is 1020. The highest BCUT2D eigenvalue weighted by Gasteiger charge is 2.39. The van der Waals surface area contributed by atoms with E-state index in [0.29, 0.717) is 28.8 Å². The highest BCUT2D eigenvalue weighted by atomic mass is 35.5. The van der Waals surface area contributed by atoms with Crippen LogP contribution in [0.15, 0.2) is 48.5 Å². The van der Waals surface area contributed by atoms with Crippen LogP contribution in [-0.4, -0.2) is 48.0 Å². The largest absolute Gasteiger partial charge is 0.353 e. The van der Waals surface area contributed by atoms with Gasteiger partial charge in [0.1, 0.15) is 11.0 Å². The first kappa shape index (κ1) is 18.8. The van der Waals surface area contributed by atoms with Crippen LogP contribution in [0.5, 0.6) is 0 Å². The molecule has 1 aromatic carbocycles. The molecule has 0 saturated carbocycles. The van der Waals surface area contributed by atoms with Crippen molar-refractivity contribution in [1.82, 2.24) is 14.9 Å². The average Bonchev–Trinajstić information content (AvgIpc) is 2.97. The average molecular weight is 397 g/mol. The second kappa shape index (κ2) is 7.83. The van der Waals surface area contributed by atoms with Crippen LogP contribution >= 0.6 is 11.6 Å². The molecule has 0 aliphatic carbocycles. The second-order valence-corrected chi connectivity index (χ2v) is 7.38. The third-order valence-electron chi connectivity index (χ3n) is 4.69. The molecule has 1 aliphatic heterocycles. The van der Waals surface area contributed by atoms with Crippen LogP contribution in [0, 0.1) is 0 Å². The summed E-state index contributed by atoms with van der Waals surface area (Å²) in [6.07, 6.45) is 0.366. The highest BCUT2D eigenvalue weighted by Crippen LogP contribution is 2.37. The van der Waals surface area contributed by atoms with Crippen molar-refractivity contribution >= 4 is 34.4 Å². The molecule has 0 spiro atoms. The summed E-state index contributed by atoms with van der Waals surface area (Å²) in [5.74, 6) is 0.378. The van der Waals surface area contributed by atoms with E-state index in [1.807, 2.05) is 56.6 Å². The smallest absolute Gasteiger partial charge is 0.262 e. The van der Waals surface area contributed by atoms with Gasteiger partial charge < -0.3 is 9.64 Å². The van der Waals surface area contributed by atoms with Gasteiger partial charge in [-0.3, -0.25) is 9.69 Å². The molecule has 1 unspecified atom stereocenters. The molecule has 7 heteroatoms. The van der Waals surface area contributed by atoms with E-state index in [1.54, 1.807) is 11.0 Å². The van der Waals surface area contributed by atoms with Crippen LogP contribution in [-0.2, 0) is 4.74 Å². The molecule has 1 amide bonds. The number of nitrogens with zero attached hydrogens (tertiary/aromatic N) is 4. The first-order chi connectivity index (χ1) is 13.5. The third-order valence-corrected chi connectivity index (χ3v) is 4.90. The Balaban J connectivity index is 1.68. The zero-order chi connectivity index (χ0) is 19.7. The van der Waals surface area contributed by atoms with E-state index in [1.165, 1.54) is 0 Å². The van der Waals surface area contributed by atoms with Crippen LogP contribution in [0.3, 0.4) is 0 Å². The van der Waals surface area contributed by atoms with Crippen molar-refractivity contribution < 1.29 is 9.53 Å². The van der Waals surface area contributed by atoms with E-state index in [9.17, 15) is 4.79 Å². The van der Waals surface area contributed by atoms with Gasteiger partial charge in [-0.2, -0.15) is 0 Å². The summed E-state index contributed by atoms with van der Waals surface area (Å²) in [4.78, 5) is 25.7. The third kappa shape index (κ3) is 3.58. The number of rotatable bonds is 6. The number of pyridine rings is 2. The number of carbonyl (C=O) groups excluding carboxylic acids is 1. The molecule has 4 rings (SSSR count). The molecule has 0 bridgehead atoms. The Labute approximate surface area is 168 Å². The number of anilines is 1. The van der Waals surface area contributed by atoms with Gasteiger partial charge in [-0.15, -0.1) is 0 Å². The Morgan fingerprint density at radius 1 is 1.11 bits per heavy atom. The molecule has 0 radical (unpaired) electrons. The fraction of sp³-hybridized carbons (Fsp3) is 0.286. The predicted octanol–water partition coefficient (Wildman–Crippen LogP) is 3.91. The van der Waals surface area contributed by atoms with Crippen molar-refractivity contribution in [2.45, 2.75) is 12.6 Å². The molecule has 0 fully saturated rings. The van der Waals surface area contributed by atoms with Gasteiger partial charge in [0.15, 0.2) is 11.9 Å². The van der Waals surface area contributed by atoms with E-state index in [2.05, 4.69) is 14.9 Å². The van der Waals surface area contributed by atoms with Gasteiger partial charge in [0.2, 0.25) is 0 Å². The number of carbonyl (C=O) groups is 1. The Hall–Kier alpha value is -2.54. The van der Waals surface area contributed by atoms with Crippen LogP contribution in [0.2, 0.25) is 5.15 Å². The van der Waals surface area contributed by atoms with E-state index in [0.717, 1.165) is 23.9 Å². The fourth-order valence-corrected chi connectivity index (χ4v) is 3.49. The standard InChI is InChI=1S/C21H21ClN4O2/c1-25(2)12-5-13-28-21-16-7-4-3-6-15(16)20(27)26(21)18-11-9-14-8-10-17(22)23-19(14)24-18/h3-4,6-11,21H,5,12-13H2,1-2H3. The number of ether oxygens (including phenoxy) is 1. The molecule has 28 heavy (non-hydrogen) atoms. The lowest BCUT2D eigenvalue weighted by molar-refractivity contribution is 0.0479. The molecule has 0 saturated heterocycles. The van der Waals surface area contributed by atoms with Crippen LogP contribution in [0.25, 0.3) is 11.0 Å². The topological polar surface area (TPSA) is 58.6 Å². The molecule has 1 aliphatic rings. The quantitative estimate of drug-likeness (QED) is 0.467. The Kier molecular flexibility index (Phi) is 5.26. The van der Waals surface area contributed by atoms with Gasteiger partial charge in [-0.1, -0.05) is 29.8 Å². The SMILES string of the molecule is CN(C)CCCOC1c2ccccc2C(=O)N1c1ccc2ccc(Cl)nc2n1. The predicted molar refractivity (Wildman–Crippen MR) is 110 cm³/mol. The van der Waals surface area contributed by atoms with Gasteiger partial charge >= 0.3 is 0 Å². The number of fused-ring (bicyclic) bond motifs is 2. The summed E-state index contributed by atoms with van der Waals surface area (Å²) in [6.45, 7) is 1.46. The summed E-state index contributed by atoms with van der Waals surface area (Å²) < 4.78 is 6.15. The van der Waals surface area contributed by atoms with E-state index in [-0.39, 0.29) is 5.91 Å². The molecule has 3 aromatic rings.